The highest BCUT2D eigenvalue weighted by Gasteiger charge is 2.16. The fourth-order valence-electron chi connectivity index (χ4n) is 4.84. The molecule has 1 fully saturated rings. The van der Waals surface area contributed by atoms with Crippen LogP contribution >= 0.6 is 24.8 Å². The first-order valence-electron chi connectivity index (χ1n) is 12.4. The monoisotopic (exact) mass is 521 g/mol. The van der Waals surface area contributed by atoms with Crippen molar-refractivity contribution in [3.8, 4) is 0 Å². The van der Waals surface area contributed by atoms with Crippen molar-refractivity contribution < 1.29 is 4.74 Å². The molecule has 1 aliphatic rings. The Hall–Kier alpha value is -1.70. The highest BCUT2D eigenvalue weighted by Crippen LogP contribution is 2.21. The smallest absolute Gasteiger partial charge is 0.160 e. The van der Waals surface area contributed by atoms with Gasteiger partial charge in [-0.05, 0) is 56.0 Å². The predicted octanol–water partition coefficient (Wildman–Crippen LogP) is 4.70. The third-order valence-corrected chi connectivity index (χ3v) is 6.80. The summed E-state index contributed by atoms with van der Waals surface area (Å²) in [6.07, 6.45) is 3.26. The summed E-state index contributed by atoms with van der Waals surface area (Å²) in [6.45, 7) is 14.9. The fourth-order valence-corrected chi connectivity index (χ4v) is 4.84. The molecular weight excluding hydrogens is 481 g/mol. The topological polar surface area (TPSA) is 46.4 Å². The number of methoxy groups -OCH3 is 1. The Morgan fingerprint density at radius 2 is 1.51 bits per heavy atom. The van der Waals surface area contributed by atoms with E-state index < -0.39 is 0 Å². The van der Waals surface area contributed by atoms with E-state index in [1.807, 2.05) is 0 Å². The van der Waals surface area contributed by atoms with E-state index in [-0.39, 0.29) is 24.8 Å². The third-order valence-electron chi connectivity index (χ3n) is 6.80. The second-order valence-corrected chi connectivity index (χ2v) is 9.32. The molecule has 194 valence electrons. The molecule has 6 nitrogen and oxygen atoms in total. The van der Waals surface area contributed by atoms with Gasteiger partial charge in [0.15, 0.2) is 5.65 Å². The van der Waals surface area contributed by atoms with Gasteiger partial charge >= 0.3 is 0 Å². The van der Waals surface area contributed by atoms with Crippen LogP contribution in [0, 0.1) is 13.8 Å². The van der Waals surface area contributed by atoms with Crippen molar-refractivity contribution >= 4 is 36.0 Å². The summed E-state index contributed by atoms with van der Waals surface area (Å²) in [5.74, 6) is 1.11. The number of nitrogens with zero attached hydrogens (tertiary/aromatic N) is 5. The number of aromatic nitrogens is 3. The summed E-state index contributed by atoms with van der Waals surface area (Å²) in [5.41, 5.74) is 7.03. The molecule has 1 aliphatic heterocycles. The van der Waals surface area contributed by atoms with Gasteiger partial charge in [-0.15, -0.1) is 24.8 Å². The zero-order chi connectivity index (χ0) is 23.2. The second kappa shape index (κ2) is 14.1. The summed E-state index contributed by atoms with van der Waals surface area (Å²) in [5, 5.41) is 0. The van der Waals surface area contributed by atoms with Crippen LogP contribution in [0.3, 0.4) is 0 Å². The summed E-state index contributed by atoms with van der Waals surface area (Å²) in [4.78, 5) is 14.8. The highest BCUT2D eigenvalue weighted by atomic mass is 35.5. The van der Waals surface area contributed by atoms with E-state index in [0.717, 1.165) is 68.3 Å². The summed E-state index contributed by atoms with van der Waals surface area (Å²) >= 11 is 0. The number of pyridine rings is 1. The van der Waals surface area contributed by atoms with Gasteiger partial charge in [-0.2, -0.15) is 0 Å². The van der Waals surface area contributed by atoms with Crippen LogP contribution < -0.4 is 0 Å². The molecule has 1 aromatic carbocycles. The molecule has 8 heteroatoms. The van der Waals surface area contributed by atoms with Gasteiger partial charge in [0.25, 0.3) is 0 Å². The van der Waals surface area contributed by atoms with Crippen molar-refractivity contribution in [2.75, 3.05) is 53.0 Å². The standard InChI is InChI=1S/C27H39N5O.2ClH/c1-5-25-29-26-21(2)19-22(3)28-27(26)32(25)20-24-10-8-23(9-11-24)7-6-12-30-13-15-31(16-14-30)17-18-33-4;;/h8-11,19H,5-7,12-18,20H2,1-4H3;2*1H. The van der Waals surface area contributed by atoms with E-state index in [2.05, 4.69) is 65.5 Å². The number of imidazole rings is 1. The Morgan fingerprint density at radius 1 is 0.886 bits per heavy atom. The molecule has 0 saturated carbocycles. The Bertz CT molecular complexity index is 1050. The maximum absolute atomic E-state index is 5.20. The Kier molecular flexibility index (Phi) is 11.9. The average molecular weight is 523 g/mol. The van der Waals surface area contributed by atoms with Gasteiger partial charge in [-0.3, -0.25) is 4.90 Å². The molecule has 0 unspecified atom stereocenters. The molecule has 0 N–H and O–H groups in total. The van der Waals surface area contributed by atoms with Crippen molar-refractivity contribution in [1.29, 1.82) is 0 Å². The van der Waals surface area contributed by atoms with Gasteiger partial charge in [-0.25, -0.2) is 9.97 Å². The average Bonchev–Trinajstić information content (AvgIpc) is 3.17. The molecule has 2 aromatic heterocycles. The van der Waals surface area contributed by atoms with Gasteiger partial charge in [0.1, 0.15) is 11.3 Å². The zero-order valence-electron chi connectivity index (χ0n) is 21.6. The van der Waals surface area contributed by atoms with E-state index in [1.54, 1.807) is 7.11 Å². The SMILES string of the molecule is CCc1nc2c(C)cc(C)nc2n1Cc1ccc(CCCN2CCN(CCOC)CC2)cc1.Cl.Cl. The van der Waals surface area contributed by atoms with Crippen LogP contribution in [0.4, 0.5) is 0 Å². The third kappa shape index (κ3) is 7.64. The molecular formula is C27H41Cl2N5O. The first-order chi connectivity index (χ1) is 16.1. The minimum atomic E-state index is 0. The van der Waals surface area contributed by atoms with Crippen molar-refractivity contribution in [1.82, 2.24) is 24.3 Å². The molecule has 0 amide bonds. The molecule has 4 rings (SSSR count). The largest absolute Gasteiger partial charge is 0.383 e. The molecule has 3 heterocycles. The Balaban J connectivity index is 0.00000216. The van der Waals surface area contributed by atoms with Crippen molar-refractivity contribution in [3.05, 3.63) is 58.5 Å². The summed E-state index contributed by atoms with van der Waals surface area (Å²) in [6, 6.07) is 11.3. The maximum atomic E-state index is 5.20. The lowest BCUT2D eigenvalue weighted by atomic mass is 10.1. The van der Waals surface area contributed by atoms with Crippen molar-refractivity contribution in [2.24, 2.45) is 0 Å². The van der Waals surface area contributed by atoms with E-state index in [0.29, 0.717) is 0 Å². The molecule has 1 saturated heterocycles. The molecule has 0 spiro atoms. The Morgan fingerprint density at radius 3 is 2.14 bits per heavy atom. The number of ether oxygens (including phenoxy) is 1. The number of hydrogen-bond donors (Lipinski definition) is 0. The van der Waals surface area contributed by atoms with Gasteiger partial charge in [0, 0.05) is 51.9 Å². The fraction of sp³-hybridized carbons (Fsp3) is 0.556. The number of benzene rings is 1. The van der Waals surface area contributed by atoms with E-state index in [1.165, 1.54) is 42.7 Å². The lowest BCUT2D eigenvalue weighted by Crippen LogP contribution is -2.47. The number of halogens is 2. The lowest BCUT2D eigenvalue weighted by molar-refractivity contribution is 0.0965. The van der Waals surface area contributed by atoms with Crippen LogP contribution in [-0.4, -0.2) is 77.3 Å². The summed E-state index contributed by atoms with van der Waals surface area (Å²) in [7, 11) is 1.78. The first-order valence-corrected chi connectivity index (χ1v) is 12.4. The molecule has 35 heavy (non-hydrogen) atoms. The normalized spacial score (nSPS) is 14.6. The first kappa shape index (κ1) is 29.5. The maximum Gasteiger partial charge on any atom is 0.160 e. The van der Waals surface area contributed by atoms with E-state index >= 15 is 0 Å². The van der Waals surface area contributed by atoms with Gasteiger partial charge in [0.05, 0.1) is 13.2 Å². The molecule has 0 bridgehead atoms. The number of piperazine rings is 1. The number of rotatable bonds is 10. The van der Waals surface area contributed by atoms with Gasteiger partial charge < -0.3 is 14.2 Å². The summed E-state index contributed by atoms with van der Waals surface area (Å²) < 4.78 is 7.49. The highest BCUT2D eigenvalue weighted by molar-refractivity contribution is 5.85. The molecule has 0 atom stereocenters. The van der Waals surface area contributed by atoms with Crippen LogP contribution in [-0.2, 0) is 24.1 Å². The van der Waals surface area contributed by atoms with E-state index in [9.17, 15) is 0 Å². The van der Waals surface area contributed by atoms with Crippen LogP contribution in [0.15, 0.2) is 30.3 Å². The number of hydrogen-bond acceptors (Lipinski definition) is 5. The van der Waals surface area contributed by atoms with Crippen molar-refractivity contribution in [3.63, 3.8) is 0 Å². The lowest BCUT2D eigenvalue weighted by Gasteiger charge is -2.34. The number of fused-ring (bicyclic) bond motifs is 1. The van der Waals surface area contributed by atoms with Crippen LogP contribution in [0.1, 0.15) is 41.6 Å². The van der Waals surface area contributed by atoms with Crippen LogP contribution in [0.5, 0.6) is 0 Å². The Labute approximate surface area is 222 Å². The van der Waals surface area contributed by atoms with E-state index in [4.69, 9.17) is 14.7 Å². The predicted molar refractivity (Wildman–Crippen MR) is 149 cm³/mol. The molecule has 0 aliphatic carbocycles. The minimum absolute atomic E-state index is 0. The van der Waals surface area contributed by atoms with Crippen LogP contribution in [0.25, 0.3) is 11.2 Å². The minimum Gasteiger partial charge on any atom is -0.383 e. The number of aryl methyl sites for hydroxylation is 4. The van der Waals surface area contributed by atoms with Gasteiger partial charge in [0.2, 0.25) is 0 Å². The molecule has 3 aromatic rings. The van der Waals surface area contributed by atoms with Crippen LogP contribution in [0.2, 0.25) is 0 Å². The van der Waals surface area contributed by atoms with Crippen molar-refractivity contribution in [2.45, 2.75) is 46.6 Å². The quantitative estimate of drug-likeness (QED) is 0.387. The molecule has 0 radical (unpaired) electrons. The zero-order valence-corrected chi connectivity index (χ0v) is 23.3. The van der Waals surface area contributed by atoms with Gasteiger partial charge in [-0.1, -0.05) is 31.2 Å². The second-order valence-electron chi connectivity index (χ2n) is 9.32.